The van der Waals surface area contributed by atoms with Crippen molar-refractivity contribution < 1.29 is 9.53 Å². The van der Waals surface area contributed by atoms with E-state index in [1.165, 1.54) is 5.19 Å². The Morgan fingerprint density at radius 1 is 1.20 bits per heavy atom. The maximum Gasteiger partial charge on any atom is 0.361 e. The molecule has 0 amide bonds. The highest BCUT2D eigenvalue weighted by atomic mass is 28.3. The summed E-state index contributed by atoms with van der Waals surface area (Å²) in [5.74, 6) is -0.453. The first kappa shape index (κ1) is 14.5. The van der Waals surface area contributed by atoms with Gasteiger partial charge in [0.2, 0.25) is 0 Å². The van der Waals surface area contributed by atoms with E-state index in [0.29, 0.717) is 12.3 Å². The van der Waals surface area contributed by atoms with Crippen LogP contribution < -0.4 is 5.19 Å². The Bertz CT molecular complexity index is 600. The molecule has 0 radical (unpaired) electrons. The van der Waals surface area contributed by atoms with Crippen LogP contribution in [0.1, 0.15) is 17.4 Å². The number of rotatable bonds is 4. The van der Waals surface area contributed by atoms with Gasteiger partial charge in [0.05, 0.1) is 14.7 Å². The van der Waals surface area contributed by atoms with Crippen LogP contribution in [0.15, 0.2) is 24.3 Å². The smallest absolute Gasteiger partial charge is 0.361 e. The number of nitrogens with zero attached hydrogens (tertiary/aromatic N) is 2. The van der Waals surface area contributed by atoms with Crippen LogP contribution in [-0.2, 0) is 4.74 Å². The van der Waals surface area contributed by atoms with E-state index in [0.717, 1.165) is 5.56 Å². The SMILES string of the molecule is CCOC(=O)c1n[nH]nc1-c1ccc([Si](C)(C)C)cc1. The fraction of sp³-hybridized carbons (Fsp3) is 0.357. The molecule has 0 saturated heterocycles. The van der Waals surface area contributed by atoms with Crippen LogP contribution in [0, 0.1) is 0 Å². The molecule has 20 heavy (non-hydrogen) atoms. The number of nitrogens with one attached hydrogen (secondary N) is 1. The zero-order valence-corrected chi connectivity index (χ0v) is 13.2. The predicted octanol–water partition coefficient (Wildman–Crippen LogP) is 2.19. The number of carbonyl (C=O) groups is 1. The standard InChI is InChI=1S/C14H19N3O2Si/c1-5-19-14(18)13-12(15-17-16-13)10-6-8-11(9-7-10)20(2,3)4/h6-9H,5H2,1-4H3,(H,15,16,17). The van der Waals surface area contributed by atoms with Gasteiger partial charge in [-0.3, -0.25) is 0 Å². The first-order valence-corrected chi connectivity index (χ1v) is 10.1. The zero-order valence-electron chi connectivity index (χ0n) is 12.2. The van der Waals surface area contributed by atoms with Crippen molar-refractivity contribution in [3.8, 4) is 11.3 Å². The Morgan fingerprint density at radius 3 is 2.40 bits per heavy atom. The molecule has 0 saturated carbocycles. The molecular weight excluding hydrogens is 270 g/mol. The molecule has 0 bridgehead atoms. The Labute approximate surface area is 119 Å². The molecular formula is C14H19N3O2Si. The summed E-state index contributed by atoms with van der Waals surface area (Å²) < 4.78 is 4.97. The minimum atomic E-state index is -1.32. The lowest BCUT2D eigenvalue weighted by Gasteiger charge is -2.16. The third kappa shape index (κ3) is 2.96. The maximum atomic E-state index is 11.8. The summed E-state index contributed by atoms with van der Waals surface area (Å²) in [6, 6.07) is 8.17. The first-order chi connectivity index (χ1) is 9.43. The minimum absolute atomic E-state index is 0.229. The molecule has 0 atom stereocenters. The third-order valence-corrected chi connectivity index (χ3v) is 5.11. The third-order valence-electron chi connectivity index (χ3n) is 3.04. The van der Waals surface area contributed by atoms with Gasteiger partial charge in [-0.15, -0.1) is 5.10 Å². The van der Waals surface area contributed by atoms with Gasteiger partial charge in [-0.1, -0.05) is 49.1 Å². The highest BCUT2D eigenvalue weighted by Crippen LogP contribution is 2.20. The normalized spacial score (nSPS) is 11.4. The van der Waals surface area contributed by atoms with Crippen LogP contribution in [0.5, 0.6) is 0 Å². The summed E-state index contributed by atoms with van der Waals surface area (Å²) in [6.07, 6.45) is 0. The summed E-state index contributed by atoms with van der Waals surface area (Å²) in [6.45, 7) is 8.96. The lowest BCUT2D eigenvalue weighted by atomic mass is 10.1. The summed E-state index contributed by atoms with van der Waals surface area (Å²) in [7, 11) is -1.32. The molecule has 5 nitrogen and oxygen atoms in total. The lowest BCUT2D eigenvalue weighted by molar-refractivity contribution is 0.0520. The number of H-pyrrole nitrogens is 1. The Balaban J connectivity index is 2.33. The number of esters is 1. The van der Waals surface area contributed by atoms with E-state index in [-0.39, 0.29) is 5.69 Å². The molecule has 2 aromatic rings. The first-order valence-electron chi connectivity index (χ1n) is 6.62. The average Bonchev–Trinajstić information content (AvgIpc) is 2.87. The lowest BCUT2D eigenvalue weighted by Crippen LogP contribution is -2.37. The highest BCUT2D eigenvalue weighted by molar-refractivity contribution is 6.88. The largest absolute Gasteiger partial charge is 0.461 e. The van der Waals surface area contributed by atoms with Gasteiger partial charge < -0.3 is 4.74 Å². The number of hydrogen-bond acceptors (Lipinski definition) is 4. The Kier molecular flexibility index (Phi) is 4.03. The van der Waals surface area contributed by atoms with Crippen molar-refractivity contribution in [2.75, 3.05) is 6.61 Å². The van der Waals surface area contributed by atoms with Gasteiger partial charge in [0.15, 0.2) is 5.69 Å². The van der Waals surface area contributed by atoms with Crippen molar-refractivity contribution in [3.63, 3.8) is 0 Å². The van der Waals surface area contributed by atoms with E-state index in [2.05, 4.69) is 47.2 Å². The quantitative estimate of drug-likeness (QED) is 0.692. The van der Waals surface area contributed by atoms with Crippen molar-refractivity contribution in [2.45, 2.75) is 26.6 Å². The topological polar surface area (TPSA) is 67.9 Å². The molecule has 0 aliphatic carbocycles. The summed E-state index contributed by atoms with van der Waals surface area (Å²) in [5, 5.41) is 11.8. The van der Waals surface area contributed by atoms with Gasteiger partial charge in [0, 0.05) is 5.56 Å². The molecule has 0 aliphatic rings. The second-order valence-electron chi connectivity index (χ2n) is 5.57. The number of aromatic nitrogens is 3. The van der Waals surface area contributed by atoms with E-state index in [1.807, 2.05) is 12.1 Å². The molecule has 0 spiro atoms. The fourth-order valence-corrected chi connectivity index (χ4v) is 3.07. The van der Waals surface area contributed by atoms with Gasteiger partial charge in [-0.05, 0) is 6.92 Å². The number of hydrogen-bond donors (Lipinski definition) is 1. The fourth-order valence-electron chi connectivity index (χ4n) is 1.90. The molecule has 1 aromatic heterocycles. The average molecular weight is 289 g/mol. The van der Waals surface area contributed by atoms with Crippen molar-refractivity contribution in [2.24, 2.45) is 0 Å². The zero-order chi connectivity index (χ0) is 14.8. The van der Waals surface area contributed by atoms with Crippen LogP contribution in [0.4, 0.5) is 0 Å². The second-order valence-corrected chi connectivity index (χ2v) is 10.6. The van der Waals surface area contributed by atoms with Gasteiger partial charge in [0.25, 0.3) is 0 Å². The van der Waals surface area contributed by atoms with Crippen LogP contribution in [0.25, 0.3) is 11.3 Å². The van der Waals surface area contributed by atoms with Crippen LogP contribution in [-0.4, -0.2) is 36.1 Å². The van der Waals surface area contributed by atoms with E-state index < -0.39 is 14.0 Å². The van der Waals surface area contributed by atoms with Crippen molar-refractivity contribution >= 4 is 19.2 Å². The van der Waals surface area contributed by atoms with E-state index in [4.69, 9.17) is 4.74 Å². The van der Waals surface area contributed by atoms with Gasteiger partial charge in [-0.25, -0.2) is 4.79 Å². The van der Waals surface area contributed by atoms with Crippen molar-refractivity contribution in [1.29, 1.82) is 0 Å². The number of carbonyl (C=O) groups excluding carboxylic acids is 1. The maximum absolute atomic E-state index is 11.8. The number of aromatic amines is 1. The Hall–Kier alpha value is -1.95. The molecule has 0 unspecified atom stereocenters. The molecule has 1 N–H and O–H groups in total. The predicted molar refractivity (Wildman–Crippen MR) is 80.8 cm³/mol. The molecule has 1 heterocycles. The molecule has 0 aliphatic heterocycles. The minimum Gasteiger partial charge on any atom is -0.461 e. The number of benzene rings is 1. The van der Waals surface area contributed by atoms with Gasteiger partial charge >= 0.3 is 5.97 Å². The van der Waals surface area contributed by atoms with Gasteiger partial charge in [0.1, 0.15) is 5.69 Å². The van der Waals surface area contributed by atoms with Crippen LogP contribution in [0.2, 0.25) is 19.6 Å². The van der Waals surface area contributed by atoms with E-state index >= 15 is 0 Å². The Morgan fingerprint density at radius 2 is 1.85 bits per heavy atom. The summed E-state index contributed by atoms with van der Waals surface area (Å²) in [4.78, 5) is 11.8. The monoisotopic (exact) mass is 289 g/mol. The second kappa shape index (κ2) is 5.58. The summed E-state index contributed by atoms with van der Waals surface area (Å²) in [5.41, 5.74) is 1.63. The highest BCUT2D eigenvalue weighted by Gasteiger charge is 2.20. The van der Waals surface area contributed by atoms with E-state index in [1.54, 1.807) is 6.92 Å². The molecule has 0 fully saturated rings. The van der Waals surface area contributed by atoms with Crippen molar-refractivity contribution in [1.82, 2.24) is 15.4 Å². The molecule has 106 valence electrons. The molecule has 1 aromatic carbocycles. The van der Waals surface area contributed by atoms with Gasteiger partial charge in [-0.2, -0.15) is 10.3 Å². The summed E-state index contributed by atoms with van der Waals surface area (Å²) >= 11 is 0. The van der Waals surface area contributed by atoms with Crippen LogP contribution >= 0.6 is 0 Å². The number of ether oxygens (including phenoxy) is 1. The van der Waals surface area contributed by atoms with Crippen molar-refractivity contribution in [3.05, 3.63) is 30.0 Å². The molecule has 2 rings (SSSR count). The van der Waals surface area contributed by atoms with Crippen LogP contribution in [0.3, 0.4) is 0 Å². The van der Waals surface area contributed by atoms with E-state index in [9.17, 15) is 4.79 Å². The molecule has 6 heteroatoms.